The molecule has 1 aromatic carbocycles. The quantitative estimate of drug-likeness (QED) is 0.640. The molecule has 22 heavy (non-hydrogen) atoms. The van der Waals surface area contributed by atoms with E-state index in [2.05, 4.69) is 16.0 Å². The van der Waals surface area contributed by atoms with E-state index in [-0.39, 0.29) is 5.69 Å². The number of para-hydroxylation sites is 1. The summed E-state index contributed by atoms with van der Waals surface area (Å²) in [5.74, 6) is 0.675. The number of fused-ring (bicyclic) bond motifs is 1. The Morgan fingerprint density at radius 3 is 2.77 bits per heavy atom. The van der Waals surface area contributed by atoms with Gasteiger partial charge in [0.05, 0.1) is 4.92 Å². The highest BCUT2D eigenvalue weighted by Gasteiger charge is 2.30. The highest BCUT2D eigenvalue weighted by Crippen LogP contribution is 2.39. The van der Waals surface area contributed by atoms with Gasteiger partial charge in [-0.2, -0.15) is 0 Å². The predicted octanol–water partition coefficient (Wildman–Crippen LogP) is 2.54. The molecular weight excluding hydrogens is 282 g/mol. The van der Waals surface area contributed by atoms with Gasteiger partial charge < -0.3 is 9.80 Å². The van der Waals surface area contributed by atoms with Crippen LogP contribution in [0.2, 0.25) is 0 Å². The minimum atomic E-state index is -0.401. The van der Waals surface area contributed by atoms with Crippen LogP contribution in [-0.2, 0) is 6.42 Å². The molecule has 0 amide bonds. The van der Waals surface area contributed by atoms with Crippen LogP contribution < -0.4 is 9.80 Å². The van der Waals surface area contributed by atoms with Crippen LogP contribution in [0.5, 0.6) is 0 Å². The molecule has 1 aliphatic rings. The molecule has 7 heteroatoms. The third-order valence-corrected chi connectivity index (χ3v) is 3.76. The maximum Gasteiger partial charge on any atom is 0.353 e. The first-order chi connectivity index (χ1) is 10.6. The number of aromatic nitrogens is 2. The van der Waals surface area contributed by atoms with E-state index in [0.717, 1.165) is 18.5 Å². The average Bonchev–Trinajstić information content (AvgIpc) is 2.53. The average molecular weight is 299 g/mol. The molecule has 0 spiro atoms. The van der Waals surface area contributed by atoms with Crippen molar-refractivity contribution in [3.8, 4) is 0 Å². The van der Waals surface area contributed by atoms with Crippen LogP contribution >= 0.6 is 0 Å². The van der Waals surface area contributed by atoms with E-state index in [1.807, 2.05) is 23.1 Å². The van der Waals surface area contributed by atoms with E-state index in [9.17, 15) is 10.1 Å². The largest absolute Gasteiger partial charge is 0.357 e. The minimum absolute atomic E-state index is 0.0517. The monoisotopic (exact) mass is 299 g/mol. The molecule has 1 aromatic heterocycles. The predicted molar refractivity (Wildman–Crippen MR) is 84.8 cm³/mol. The van der Waals surface area contributed by atoms with E-state index in [1.165, 1.54) is 11.9 Å². The minimum Gasteiger partial charge on any atom is -0.357 e. The number of nitrogens with zero attached hydrogens (tertiary/aromatic N) is 5. The smallest absolute Gasteiger partial charge is 0.353 e. The summed E-state index contributed by atoms with van der Waals surface area (Å²) in [6, 6.07) is 7.97. The zero-order valence-corrected chi connectivity index (χ0v) is 12.6. The van der Waals surface area contributed by atoms with Crippen molar-refractivity contribution in [2.75, 3.05) is 30.4 Å². The first-order valence-electron chi connectivity index (χ1n) is 7.11. The molecule has 0 saturated carbocycles. The van der Waals surface area contributed by atoms with Crippen molar-refractivity contribution in [2.45, 2.75) is 12.8 Å². The fourth-order valence-corrected chi connectivity index (χ4v) is 2.80. The summed E-state index contributed by atoms with van der Waals surface area (Å²) in [5.41, 5.74) is 2.12. The molecule has 0 N–H and O–H groups in total. The van der Waals surface area contributed by atoms with Crippen molar-refractivity contribution in [3.05, 3.63) is 46.3 Å². The van der Waals surface area contributed by atoms with Gasteiger partial charge in [-0.1, -0.05) is 18.2 Å². The maximum atomic E-state index is 11.6. The molecule has 0 fully saturated rings. The molecule has 2 aromatic rings. The Morgan fingerprint density at radius 1 is 1.27 bits per heavy atom. The Bertz CT molecular complexity index is 717. The fraction of sp³-hybridized carbons (Fsp3) is 0.333. The second kappa shape index (κ2) is 5.59. The first-order valence-corrected chi connectivity index (χ1v) is 7.11. The summed E-state index contributed by atoms with van der Waals surface area (Å²) < 4.78 is 0. The van der Waals surface area contributed by atoms with E-state index in [0.29, 0.717) is 18.2 Å². The molecule has 0 radical (unpaired) electrons. The molecule has 2 heterocycles. The molecule has 3 rings (SSSR count). The molecule has 0 aliphatic carbocycles. The molecule has 7 nitrogen and oxygen atoms in total. The summed E-state index contributed by atoms with van der Waals surface area (Å²) in [6.07, 6.45) is 3.30. The summed E-state index contributed by atoms with van der Waals surface area (Å²) >= 11 is 0. The van der Waals surface area contributed by atoms with Gasteiger partial charge in [-0.15, -0.1) is 0 Å². The first kappa shape index (κ1) is 14.2. The van der Waals surface area contributed by atoms with Gasteiger partial charge in [-0.25, -0.2) is 9.97 Å². The zero-order valence-electron chi connectivity index (χ0n) is 12.6. The molecule has 114 valence electrons. The Kier molecular flexibility index (Phi) is 3.62. The standard InChI is InChI=1S/C15H17N5O2/c1-18(2)14-13(20(21)22)15(17-10-16-14)19-9-5-7-11-6-3-4-8-12(11)19/h3-4,6,8,10H,5,7,9H2,1-2H3. The second-order valence-corrected chi connectivity index (χ2v) is 5.40. The number of anilines is 3. The summed E-state index contributed by atoms with van der Waals surface area (Å²) in [7, 11) is 3.48. The second-order valence-electron chi connectivity index (χ2n) is 5.40. The SMILES string of the molecule is CN(C)c1ncnc(N2CCCc3ccccc32)c1[N+](=O)[O-]. The van der Waals surface area contributed by atoms with Gasteiger partial charge in [0.2, 0.25) is 11.6 Å². The van der Waals surface area contributed by atoms with Crippen LogP contribution in [0.25, 0.3) is 0 Å². The highest BCUT2D eigenvalue weighted by atomic mass is 16.6. The summed E-state index contributed by atoms with van der Waals surface area (Å²) in [4.78, 5) is 23.0. The number of hydrogen-bond acceptors (Lipinski definition) is 6. The van der Waals surface area contributed by atoms with Gasteiger partial charge in [-0.05, 0) is 24.5 Å². The normalized spacial score (nSPS) is 13.6. The Morgan fingerprint density at radius 2 is 2.05 bits per heavy atom. The highest BCUT2D eigenvalue weighted by molar-refractivity contribution is 5.77. The van der Waals surface area contributed by atoms with Crippen molar-refractivity contribution < 1.29 is 4.92 Å². The maximum absolute atomic E-state index is 11.6. The van der Waals surface area contributed by atoms with Crippen LogP contribution in [0.3, 0.4) is 0 Å². The number of aryl methyl sites for hydroxylation is 1. The molecule has 0 bridgehead atoms. The lowest BCUT2D eigenvalue weighted by atomic mass is 10.0. The van der Waals surface area contributed by atoms with Crippen molar-refractivity contribution >= 4 is 23.0 Å². The molecular formula is C15H17N5O2. The van der Waals surface area contributed by atoms with Crippen LogP contribution in [-0.4, -0.2) is 35.5 Å². The number of hydrogen-bond donors (Lipinski definition) is 0. The lowest BCUT2D eigenvalue weighted by Crippen LogP contribution is -2.27. The van der Waals surface area contributed by atoms with Gasteiger partial charge in [-0.3, -0.25) is 10.1 Å². The number of nitro groups is 1. The van der Waals surface area contributed by atoms with Crippen molar-refractivity contribution in [3.63, 3.8) is 0 Å². The lowest BCUT2D eigenvalue weighted by Gasteiger charge is -2.30. The fourth-order valence-electron chi connectivity index (χ4n) is 2.80. The summed E-state index contributed by atoms with van der Waals surface area (Å²) in [5, 5.41) is 11.6. The van der Waals surface area contributed by atoms with Gasteiger partial charge in [0.15, 0.2) is 0 Å². The topological polar surface area (TPSA) is 75.4 Å². The van der Waals surface area contributed by atoms with Crippen molar-refractivity contribution in [1.82, 2.24) is 9.97 Å². The molecule has 0 unspecified atom stereocenters. The number of benzene rings is 1. The van der Waals surface area contributed by atoms with E-state index < -0.39 is 4.92 Å². The number of rotatable bonds is 3. The Balaban J connectivity index is 2.18. The Hall–Kier alpha value is -2.70. The van der Waals surface area contributed by atoms with Crippen molar-refractivity contribution in [1.29, 1.82) is 0 Å². The lowest BCUT2D eigenvalue weighted by molar-refractivity contribution is -0.383. The van der Waals surface area contributed by atoms with Crippen LogP contribution in [0.4, 0.5) is 23.0 Å². The van der Waals surface area contributed by atoms with Gasteiger partial charge in [0.1, 0.15) is 6.33 Å². The van der Waals surface area contributed by atoms with Crippen LogP contribution in [0.1, 0.15) is 12.0 Å². The van der Waals surface area contributed by atoms with Crippen LogP contribution in [0.15, 0.2) is 30.6 Å². The van der Waals surface area contributed by atoms with Crippen LogP contribution in [0, 0.1) is 10.1 Å². The Labute approximate surface area is 128 Å². The van der Waals surface area contributed by atoms with Gasteiger partial charge >= 0.3 is 5.69 Å². The van der Waals surface area contributed by atoms with E-state index in [4.69, 9.17) is 0 Å². The molecule has 0 saturated heterocycles. The van der Waals surface area contributed by atoms with E-state index in [1.54, 1.807) is 19.0 Å². The zero-order chi connectivity index (χ0) is 15.7. The van der Waals surface area contributed by atoms with Gasteiger partial charge in [0, 0.05) is 26.3 Å². The molecule has 0 atom stereocenters. The third kappa shape index (κ3) is 2.34. The third-order valence-electron chi connectivity index (χ3n) is 3.76. The van der Waals surface area contributed by atoms with Crippen molar-refractivity contribution in [2.24, 2.45) is 0 Å². The van der Waals surface area contributed by atoms with E-state index >= 15 is 0 Å². The van der Waals surface area contributed by atoms with Gasteiger partial charge in [0.25, 0.3) is 0 Å². The summed E-state index contributed by atoms with van der Waals surface area (Å²) in [6.45, 7) is 0.710. The molecule has 1 aliphatic heterocycles.